The summed E-state index contributed by atoms with van der Waals surface area (Å²) in [6.07, 6.45) is 1.76. The topological polar surface area (TPSA) is 55.4 Å². The summed E-state index contributed by atoms with van der Waals surface area (Å²) in [6, 6.07) is 6.52. The second-order valence-electron chi connectivity index (χ2n) is 4.90. The molecule has 5 heteroatoms. The lowest BCUT2D eigenvalue weighted by Crippen LogP contribution is -2.25. The molecule has 1 rings (SSSR count). The summed E-state index contributed by atoms with van der Waals surface area (Å²) in [4.78, 5) is 0.278. The Morgan fingerprint density at radius 2 is 1.84 bits per heavy atom. The standard InChI is InChI=1S/C14H23NO3S/c1-4-11-18-13-5-7-14(8-6-13)19(16,17)15-10-9-12(2)3/h5-8,12,15H,4,9-11H2,1-3H3. The van der Waals surface area contributed by atoms with Crippen LogP contribution in [0.1, 0.15) is 33.6 Å². The molecule has 4 nitrogen and oxygen atoms in total. The predicted octanol–water partition coefficient (Wildman–Crippen LogP) is 2.80. The third kappa shape index (κ3) is 5.61. The van der Waals surface area contributed by atoms with E-state index >= 15 is 0 Å². The van der Waals surface area contributed by atoms with Crippen LogP contribution in [-0.2, 0) is 10.0 Å². The van der Waals surface area contributed by atoms with Crippen LogP contribution in [0.25, 0.3) is 0 Å². The minimum Gasteiger partial charge on any atom is -0.494 e. The van der Waals surface area contributed by atoms with Crippen molar-refractivity contribution in [3.05, 3.63) is 24.3 Å². The first kappa shape index (κ1) is 16.0. The minimum absolute atomic E-state index is 0.278. The van der Waals surface area contributed by atoms with Crippen molar-refractivity contribution in [1.82, 2.24) is 4.72 Å². The zero-order valence-electron chi connectivity index (χ0n) is 11.8. The van der Waals surface area contributed by atoms with Crippen molar-refractivity contribution in [2.75, 3.05) is 13.2 Å². The first-order chi connectivity index (χ1) is 8.95. The normalized spacial score (nSPS) is 11.8. The molecular formula is C14H23NO3S. The molecule has 0 aliphatic rings. The molecule has 0 amide bonds. The van der Waals surface area contributed by atoms with Crippen LogP contribution >= 0.6 is 0 Å². The van der Waals surface area contributed by atoms with Gasteiger partial charge in [-0.2, -0.15) is 0 Å². The van der Waals surface area contributed by atoms with E-state index in [2.05, 4.69) is 18.6 Å². The molecule has 108 valence electrons. The van der Waals surface area contributed by atoms with E-state index in [0.29, 0.717) is 24.8 Å². The molecule has 0 saturated carbocycles. The number of nitrogens with one attached hydrogen (secondary N) is 1. The molecule has 0 aliphatic carbocycles. The summed E-state index contributed by atoms with van der Waals surface area (Å²) in [5, 5.41) is 0. The van der Waals surface area contributed by atoms with Crippen LogP contribution in [0.2, 0.25) is 0 Å². The maximum absolute atomic E-state index is 12.0. The van der Waals surface area contributed by atoms with Gasteiger partial charge in [0.2, 0.25) is 10.0 Å². The van der Waals surface area contributed by atoms with E-state index in [-0.39, 0.29) is 4.90 Å². The Balaban J connectivity index is 2.63. The Bertz CT molecular complexity index is 466. The van der Waals surface area contributed by atoms with E-state index in [1.54, 1.807) is 24.3 Å². The lowest BCUT2D eigenvalue weighted by Gasteiger charge is -2.09. The number of ether oxygens (including phenoxy) is 1. The second-order valence-corrected chi connectivity index (χ2v) is 6.67. The quantitative estimate of drug-likeness (QED) is 0.799. The zero-order chi connectivity index (χ0) is 14.3. The largest absolute Gasteiger partial charge is 0.494 e. The minimum atomic E-state index is -3.40. The van der Waals surface area contributed by atoms with Crippen molar-refractivity contribution in [3.63, 3.8) is 0 Å². The average molecular weight is 285 g/mol. The Labute approximate surface area is 116 Å². The number of hydrogen-bond acceptors (Lipinski definition) is 3. The molecule has 0 radical (unpaired) electrons. The summed E-state index contributed by atoms with van der Waals surface area (Å²) in [5.74, 6) is 1.18. The summed E-state index contributed by atoms with van der Waals surface area (Å²) in [7, 11) is -3.40. The van der Waals surface area contributed by atoms with E-state index in [1.165, 1.54) is 0 Å². The molecule has 1 aromatic carbocycles. The number of sulfonamides is 1. The molecule has 0 spiro atoms. The number of benzene rings is 1. The molecule has 0 unspecified atom stereocenters. The molecule has 0 heterocycles. The van der Waals surface area contributed by atoms with Gasteiger partial charge in [0.1, 0.15) is 5.75 Å². The van der Waals surface area contributed by atoms with Gasteiger partial charge in [0.15, 0.2) is 0 Å². The number of hydrogen-bond donors (Lipinski definition) is 1. The van der Waals surface area contributed by atoms with Gasteiger partial charge in [-0.25, -0.2) is 13.1 Å². The first-order valence-electron chi connectivity index (χ1n) is 6.68. The van der Waals surface area contributed by atoms with Crippen LogP contribution < -0.4 is 9.46 Å². The molecule has 19 heavy (non-hydrogen) atoms. The van der Waals surface area contributed by atoms with Crippen LogP contribution in [0, 0.1) is 5.92 Å². The second kappa shape index (κ2) is 7.50. The van der Waals surface area contributed by atoms with Crippen molar-refractivity contribution in [2.45, 2.75) is 38.5 Å². The fourth-order valence-corrected chi connectivity index (χ4v) is 2.55. The highest BCUT2D eigenvalue weighted by Gasteiger charge is 2.13. The average Bonchev–Trinajstić information content (AvgIpc) is 2.36. The fraction of sp³-hybridized carbons (Fsp3) is 0.571. The molecule has 0 bridgehead atoms. The van der Waals surface area contributed by atoms with Crippen LogP contribution in [0.3, 0.4) is 0 Å². The van der Waals surface area contributed by atoms with E-state index in [9.17, 15) is 8.42 Å². The Morgan fingerprint density at radius 1 is 1.21 bits per heavy atom. The summed E-state index contributed by atoms with van der Waals surface area (Å²) >= 11 is 0. The number of rotatable bonds is 8. The molecular weight excluding hydrogens is 262 g/mol. The van der Waals surface area contributed by atoms with E-state index in [4.69, 9.17) is 4.74 Å². The maximum atomic E-state index is 12.0. The molecule has 0 fully saturated rings. The van der Waals surface area contributed by atoms with Gasteiger partial charge in [-0.3, -0.25) is 0 Å². The first-order valence-corrected chi connectivity index (χ1v) is 8.16. The Kier molecular flexibility index (Phi) is 6.31. The zero-order valence-corrected chi connectivity index (χ0v) is 12.7. The lowest BCUT2D eigenvalue weighted by molar-refractivity contribution is 0.317. The summed E-state index contributed by atoms with van der Waals surface area (Å²) in [6.45, 7) is 7.26. The molecule has 0 aliphatic heterocycles. The van der Waals surface area contributed by atoms with Crippen molar-refractivity contribution >= 4 is 10.0 Å². The van der Waals surface area contributed by atoms with Gasteiger partial charge in [-0.15, -0.1) is 0 Å². The summed E-state index contributed by atoms with van der Waals surface area (Å²) < 4.78 is 32.0. The maximum Gasteiger partial charge on any atom is 0.240 e. The van der Waals surface area contributed by atoms with Crippen molar-refractivity contribution in [1.29, 1.82) is 0 Å². The van der Waals surface area contributed by atoms with Gasteiger partial charge in [0.25, 0.3) is 0 Å². The van der Waals surface area contributed by atoms with E-state index < -0.39 is 10.0 Å². The monoisotopic (exact) mass is 285 g/mol. The molecule has 1 N–H and O–H groups in total. The predicted molar refractivity (Wildman–Crippen MR) is 76.9 cm³/mol. The Hall–Kier alpha value is -1.07. The molecule has 0 atom stereocenters. The smallest absolute Gasteiger partial charge is 0.240 e. The van der Waals surface area contributed by atoms with Crippen LogP contribution in [-0.4, -0.2) is 21.6 Å². The van der Waals surface area contributed by atoms with Crippen molar-refractivity contribution in [2.24, 2.45) is 5.92 Å². The lowest BCUT2D eigenvalue weighted by atomic mass is 10.1. The highest BCUT2D eigenvalue weighted by molar-refractivity contribution is 7.89. The summed E-state index contributed by atoms with van der Waals surface area (Å²) in [5.41, 5.74) is 0. The Morgan fingerprint density at radius 3 is 2.37 bits per heavy atom. The van der Waals surface area contributed by atoms with E-state index in [0.717, 1.165) is 12.8 Å². The highest BCUT2D eigenvalue weighted by atomic mass is 32.2. The third-order valence-corrected chi connectivity index (χ3v) is 4.10. The van der Waals surface area contributed by atoms with Crippen molar-refractivity contribution < 1.29 is 13.2 Å². The van der Waals surface area contributed by atoms with Crippen LogP contribution in [0.15, 0.2) is 29.2 Å². The van der Waals surface area contributed by atoms with Gasteiger partial charge in [-0.1, -0.05) is 20.8 Å². The third-order valence-electron chi connectivity index (χ3n) is 2.62. The fourth-order valence-electron chi connectivity index (χ4n) is 1.50. The van der Waals surface area contributed by atoms with Gasteiger partial charge in [-0.05, 0) is 43.0 Å². The van der Waals surface area contributed by atoms with Gasteiger partial charge in [0, 0.05) is 6.54 Å². The van der Waals surface area contributed by atoms with Crippen LogP contribution in [0.4, 0.5) is 0 Å². The van der Waals surface area contributed by atoms with Gasteiger partial charge >= 0.3 is 0 Å². The molecule has 0 saturated heterocycles. The van der Waals surface area contributed by atoms with Gasteiger partial charge < -0.3 is 4.74 Å². The van der Waals surface area contributed by atoms with Crippen LogP contribution in [0.5, 0.6) is 5.75 Å². The highest BCUT2D eigenvalue weighted by Crippen LogP contribution is 2.16. The van der Waals surface area contributed by atoms with Gasteiger partial charge in [0.05, 0.1) is 11.5 Å². The van der Waals surface area contributed by atoms with E-state index in [1.807, 2.05) is 6.92 Å². The SMILES string of the molecule is CCCOc1ccc(S(=O)(=O)NCCC(C)C)cc1. The molecule has 0 aromatic heterocycles. The molecule has 1 aromatic rings. The van der Waals surface area contributed by atoms with Crippen molar-refractivity contribution in [3.8, 4) is 5.75 Å².